The molecule has 1 aliphatic carbocycles. The predicted molar refractivity (Wildman–Crippen MR) is 101 cm³/mol. The fraction of sp³-hybridized carbons (Fsp3) is 0.444. The number of hydrazine groups is 1. The van der Waals surface area contributed by atoms with E-state index in [0.29, 0.717) is 23.8 Å². The van der Waals surface area contributed by atoms with Crippen LogP contribution in [0.25, 0.3) is 0 Å². The van der Waals surface area contributed by atoms with Crippen LogP contribution in [0.4, 0.5) is 4.79 Å². The molecule has 8 nitrogen and oxygen atoms in total. The van der Waals surface area contributed by atoms with Crippen LogP contribution in [0.5, 0.6) is 0 Å². The smallest absolute Gasteiger partial charge is 0.344 e. The van der Waals surface area contributed by atoms with E-state index in [0.717, 1.165) is 12.8 Å². The maximum atomic E-state index is 12.7. The lowest BCUT2D eigenvalue weighted by atomic mass is 9.77. The molecule has 2 N–H and O–H groups in total. The zero-order chi connectivity index (χ0) is 20.5. The number of benzene rings is 1. The van der Waals surface area contributed by atoms with Crippen molar-refractivity contribution in [3.05, 3.63) is 33.8 Å². The fourth-order valence-corrected chi connectivity index (χ4v) is 3.70. The van der Waals surface area contributed by atoms with Gasteiger partial charge in [0.25, 0.3) is 11.8 Å². The zero-order valence-electron chi connectivity index (χ0n) is 15.1. The molecule has 1 saturated carbocycles. The van der Waals surface area contributed by atoms with E-state index in [1.807, 2.05) is 0 Å². The number of carbonyl (C=O) groups is 4. The van der Waals surface area contributed by atoms with Crippen LogP contribution in [0.3, 0.4) is 0 Å². The van der Waals surface area contributed by atoms with Gasteiger partial charge in [0.1, 0.15) is 5.54 Å². The Morgan fingerprint density at radius 3 is 2.64 bits per heavy atom. The predicted octanol–water partition coefficient (Wildman–Crippen LogP) is 2.68. The largest absolute Gasteiger partial charge is 0.452 e. The number of imide groups is 1. The Kier molecular flexibility index (Phi) is 5.81. The van der Waals surface area contributed by atoms with E-state index in [4.69, 9.17) is 27.9 Å². The van der Waals surface area contributed by atoms with Crippen LogP contribution in [-0.2, 0) is 14.3 Å². The van der Waals surface area contributed by atoms with Crippen LogP contribution in [-0.4, -0.2) is 41.0 Å². The summed E-state index contributed by atoms with van der Waals surface area (Å²) in [6, 6.07) is 3.55. The molecule has 1 aromatic rings. The summed E-state index contributed by atoms with van der Waals surface area (Å²) in [7, 11) is 0. The van der Waals surface area contributed by atoms with E-state index < -0.39 is 36.0 Å². The normalized spacial score (nSPS) is 24.2. The summed E-state index contributed by atoms with van der Waals surface area (Å²) in [5.74, 6) is -1.69. The lowest BCUT2D eigenvalue weighted by molar-refractivity contribution is -0.141. The summed E-state index contributed by atoms with van der Waals surface area (Å²) in [6.45, 7) is 1.40. The molecule has 1 saturated heterocycles. The van der Waals surface area contributed by atoms with E-state index in [1.165, 1.54) is 18.2 Å². The number of urea groups is 1. The third kappa shape index (κ3) is 4.07. The van der Waals surface area contributed by atoms with Crippen molar-refractivity contribution in [1.29, 1.82) is 0 Å². The number of ether oxygens (including phenoxy) is 1. The summed E-state index contributed by atoms with van der Waals surface area (Å²) in [6.07, 6.45) is 2.67. The van der Waals surface area contributed by atoms with Gasteiger partial charge in [-0.25, -0.2) is 9.59 Å². The molecule has 2 aliphatic rings. The highest BCUT2D eigenvalue weighted by Gasteiger charge is 2.52. The molecule has 1 heterocycles. The Labute approximate surface area is 171 Å². The molecule has 0 aromatic heterocycles. The standard InChI is InChI=1S/C18H19Cl2N3O5/c1-10-4-6-18(7-5-10)16(26)23(17(27)21-18)22-14(24)9-28-15(25)12-8-11(19)2-3-13(12)20/h2-3,8,10H,4-7,9H2,1H3,(H,21,27)(H,22,24). The number of rotatable bonds is 4. The molecule has 0 unspecified atom stereocenters. The van der Waals surface area contributed by atoms with E-state index in [9.17, 15) is 19.2 Å². The van der Waals surface area contributed by atoms with Crippen molar-refractivity contribution in [2.45, 2.75) is 38.1 Å². The second kappa shape index (κ2) is 7.97. The first kappa shape index (κ1) is 20.4. The molecule has 2 fully saturated rings. The number of halogens is 2. The van der Waals surface area contributed by atoms with Crippen LogP contribution >= 0.6 is 23.2 Å². The van der Waals surface area contributed by atoms with Crippen molar-refractivity contribution < 1.29 is 23.9 Å². The number of hydrogen-bond acceptors (Lipinski definition) is 5. The lowest BCUT2D eigenvalue weighted by Crippen LogP contribution is -2.52. The second-order valence-electron chi connectivity index (χ2n) is 7.07. The van der Waals surface area contributed by atoms with Gasteiger partial charge in [-0.3, -0.25) is 15.0 Å². The van der Waals surface area contributed by atoms with Gasteiger partial charge in [0.2, 0.25) is 0 Å². The van der Waals surface area contributed by atoms with Crippen molar-refractivity contribution in [3.63, 3.8) is 0 Å². The molecule has 0 radical (unpaired) electrons. The first-order valence-corrected chi connectivity index (χ1v) is 9.56. The van der Waals surface area contributed by atoms with E-state index in [1.54, 1.807) is 0 Å². The number of esters is 1. The third-order valence-corrected chi connectivity index (χ3v) is 5.57. The summed E-state index contributed by atoms with van der Waals surface area (Å²) in [5, 5.41) is 3.74. The summed E-state index contributed by atoms with van der Waals surface area (Å²) < 4.78 is 4.89. The second-order valence-corrected chi connectivity index (χ2v) is 7.91. The Hall–Kier alpha value is -2.32. The first-order chi connectivity index (χ1) is 13.2. The molecular weight excluding hydrogens is 409 g/mol. The molecule has 10 heteroatoms. The SMILES string of the molecule is CC1CCC2(CC1)NC(=O)N(NC(=O)COC(=O)c1cc(Cl)ccc1Cl)C2=O. The topological polar surface area (TPSA) is 105 Å². The molecule has 150 valence electrons. The molecular formula is C18H19Cl2N3O5. The molecule has 1 aliphatic heterocycles. The van der Waals surface area contributed by atoms with Gasteiger partial charge in [-0.05, 0) is 49.8 Å². The molecule has 4 amide bonds. The molecule has 0 atom stereocenters. The van der Waals surface area contributed by atoms with Gasteiger partial charge in [0.15, 0.2) is 6.61 Å². The minimum Gasteiger partial charge on any atom is -0.452 e. The van der Waals surface area contributed by atoms with Crippen molar-refractivity contribution in [1.82, 2.24) is 15.8 Å². The Balaban J connectivity index is 1.57. The molecule has 1 spiro atoms. The van der Waals surface area contributed by atoms with Crippen LogP contribution < -0.4 is 10.7 Å². The monoisotopic (exact) mass is 427 g/mol. The Bertz CT molecular complexity index is 837. The Morgan fingerprint density at radius 2 is 1.96 bits per heavy atom. The number of carbonyl (C=O) groups excluding carboxylic acids is 4. The summed E-state index contributed by atoms with van der Waals surface area (Å²) >= 11 is 11.7. The quantitative estimate of drug-likeness (QED) is 0.567. The van der Waals surface area contributed by atoms with Crippen LogP contribution in [0.2, 0.25) is 10.0 Å². The number of amides is 4. The molecule has 1 aromatic carbocycles. The van der Waals surface area contributed by atoms with Gasteiger partial charge < -0.3 is 10.1 Å². The lowest BCUT2D eigenvalue weighted by Gasteiger charge is -2.33. The maximum Gasteiger partial charge on any atom is 0.344 e. The van der Waals surface area contributed by atoms with Gasteiger partial charge >= 0.3 is 12.0 Å². The van der Waals surface area contributed by atoms with E-state index in [-0.39, 0.29) is 15.6 Å². The van der Waals surface area contributed by atoms with Crippen LogP contribution in [0, 0.1) is 5.92 Å². The summed E-state index contributed by atoms with van der Waals surface area (Å²) in [5.41, 5.74) is 1.23. The van der Waals surface area contributed by atoms with Gasteiger partial charge in [-0.2, -0.15) is 5.01 Å². The minimum atomic E-state index is -0.970. The fourth-order valence-electron chi connectivity index (χ4n) is 3.34. The van der Waals surface area contributed by atoms with Gasteiger partial charge in [0.05, 0.1) is 10.6 Å². The minimum absolute atomic E-state index is 0.00670. The first-order valence-electron chi connectivity index (χ1n) is 8.80. The van der Waals surface area contributed by atoms with Crippen LogP contribution in [0.15, 0.2) is 18.2 Å². The van der Waals surface area contributed by atoms with E-state index in [2.05, 4.69) is 17.7 Å². The average Bonchev–Trinajstić information content (AvgIpc) is 2.88. The van der Waals surface area contributed by atoms with Crippen molar-refractivity contribution in [3.8, 4) is 0 Å². The van der Waals surface area contributed by atoms with Gasteiger partial charge in [0, 0.05) is 5.02 Å². The van der Waals surface area contributed by atoms with Gasteiger partial charge in [-0.1, -0.05) is 30.1 Å². The number of nitrogens with zero attached hydrogens (tertiary/aromatic N) is 1. The molecule has 28 heavy (non-hydrogen) atoms. The average molecular weight is 428 g/mol. The molecule has 0 bridgehead atoms. The third-order valence-electron chi connectivity index (χ3n) is 5.01. The number of nitrogens with one attached hydrogen (secondary N) is 2. The maximum absolute atomic E-state index is 12.7. The summed E-state index contributed by atoms with van der Waals surface area (Å²) in [4.78, 5) is 49.0. The van der Waals surface area contributed by atoms with Crippen molar-refractivity contribution >= 4 is 47.0 Å². The molecule has 3 rings (SSSR count). The van der Waals surface area contributed by atoms with E-state index >= 15 is 0 Å². The van der Waals surface area contributed by atoms with Crippen molar-refractivity contribution in [2.75, 3.05) is 6.61 Å². The highest BCUT2D eigenvalue weighted by Crippen LogP contribution is 2.35. The number of hydrogen-bond donors (Lipinski definition) is 2. The highest BCUT2D eigenvalue weighted by molar-refractivity contribution is 6.35. The Morgan fingerprint density at radius 1 is 1.29 bits per heavy atom. The van der Waals surface area contributed by atoms with Gasteiger partial charge in [-0.15, -0.1) is 0 Å². The highest BCUT2D eigenvalue weighted by atomic mass is 35.5. The van der Waals surface area contributed by atoms with Crippen molar-refractivity contribution in [2.24, 2.45) is 5.92 Å². The van der Waals surface area contributed by atoms with Crippen LogP contribution in [0.1, 0.15) is 43.0 Å². The zero-order valence-corrected chi connectivity index (χ0v) is 16.6.